The van der Waals surface area contributed by atoms with Gasteiger partial charge in [0.15, 0.2) is 0 Å². The first-order chi connectivity index (χ1) is 10.5. The van der Waals surface area contributed by atoms with Crippen LogP contribution in [-0.2, 0) is 15.6 Å². The maximum Gasteiger partial charge on any atom is 0.123 e. The fraction of sp³-hybridized carbons (Fsp3) is 0.700. The van der Waals surface area contributed by atoms with E-state index in [1.54, 1.807) is 0 Å². The molecule has 3 N–H and O–H groups in total. The third kappa shape index (κ3) is 4.07. The minimum Gasteiger partial charge on any atom is -0.507 e. The fourth-order valence-corrected chi connectivity index (χ4v) is 3.24. The fourth-order valence-electron chi connectivity index (χ4n) is 3.24. The Morgan fingerprint density at radius 1 is 1.04 bits per heavy atom. The average molecular weight is 319 g/mol. The Hall–Kier alpha value is -1.06. The van der Waals surface area contributed by atoms with E-state index in [1.807, 2.05) is 0 Å². The van der Waals surface area contributed by atoms with Crippen LogP contribution in [-0.4, -0.2) is 18.3 Å². The number of hydrogen-bond donors (Lipinski definition) is 2. The molecule has 1 aromatic rings. The summed E-state index contributed by atoms with van der Waals surface area (Å²) in [5, 5.41) is 10.8. The zero-order chi connectivity index (χ0) is 17.4. The van der Waals surface area contributed by atoms with Gasteiger partial charge in [0.05, 0.1) is 12.7 Å². The largest absolute Gasteiger partial charge is 0.507 e. The molecule has 0 aliphatic carbocycles. The SMILES string of the molecule is CC(C)(C)c1cc(C2CCC(CN)CO2)cc(C(C)(C)C)c1O. The highest BCUT2D eigenvalue weighted by molar-refractivity contribution is 5.50. The highest BCUT2D eigenvalue weighted by Crippen LogP contribution is 2.42. The van der Waals surface area contributed by atoms with Crippen LogP contribution in [0.4, 0.5) is 0 Å². The molecule has 0 spiro atoms. The molecule has 2 rings (SSSR count). The number of phenols is 1. The third-order valence-electron chi connectivity index (χ3n) is 4.82. The Kier molecular flexibility index (Phi) is 5.12. The number of nitrogens with two attached hydrogens (primary N) is 1. The van der Waals surface area contributed by atoms with E-state index < -0.39 is 0 Å². The van der Waals surface area contributed by atoms with E-state index in [2.05, 4.69) is 53.7 Å². The molecule has 1 aromatic carbocycles. The lowest BCUT2D eigenvalue weighted by Crippen LogP contribution is -2.27. The number of aromatic hydroxyl groups is 1. The van der Waals surface area contributed by atoms with Crippen molar-refractivity contribution >= 4 is 0 Å². The molecule has 0 aromatic heterocycles. The van der Waals surface area contributed by atoms with Crippen LogP contribution in [0.1, 0.15) is 77.2 Å². The van der Waals surface area contributed by atoms with Crippen LogP contribution in [0.15, 0.2) is 12.1 Å². The number of phenolic OH excluding ortho intramolecular Hbond substituents is 1. The number of rotatable bonds is 2. The molecule has 2 unspecified atom stereocenters. The smallest absolute Gasteiger partial charge is 0.123 e. The van der Waals surface area contributed by atoms with E-state index in [0.29, 0.717) is 18.2 Å². The molecule has 1 aliphatic rings. The maximum absolute atomic E-state index is 10.8. The predicted octanol–water partition coefficient (Wildman–Crippen LogP) is 4.41. The summed E-state index contributed by atoms with van der Waals surface area (Å²) < 4.78 is 6.08. The first-order valence-corrected chi connectivity index (χ1v) is 8.73. The number of benzene rings is 1. The van der Waals surface area contributed by atoms with Gasteiger partial charge in [0.25, 0.3) is 0 Å². The van der Waals surface area contributed by atoms with E-state index in [4.69, 9.17) is 10.5 Å². The molecule has 23 heavy (non-hydrogen) atoms. The van der Waals surface area contributed by atoms with Crippen LogP contribution in [0.2, 0.25) is 0 Å². The second-order valence-corrected chi connectivity index (χ2v) is 8.97. The Morgan fingerprint density at radius 2 is 1.57 bits per heavy atom. The quantitative estimate of drug-likeness (QED) is 0.848. The van der Waals surface area contributed by atoms with E-state index in [-0.39, 0.29) is 16.9 Å². The van der Waals surface area contributed by atoms with Crippen LogP contribution >= 0.6 is 0 Å². The zero-order valence-electron chi connectivity index (χ0n) is 15.6. The van der Waals surface area contributed by atoms with Gasteiger partial charge in [-0.25, -0.2) is 0 Å². The van der Waals surface area contributed by atoms with E-state index >= 15 is 0 Å². The van der Waals surface area contributed by atoms with Crippen molar-refractivity contribution in [2.45, 2.75) is 71.3 Å². The lowest BCUT2D eigenvalue weighted by molar-refractivity contribution is -0.0149. The first kappa shape index (κ1) is 18.3. The van der Waals surface area contributed by atoms with Gasteiger partial charge in [-0.2, -0.15) is 0 Å². The van der Waals surface area contributed by atoms with Gasteiger partial charge in [-0.3, -0.25) is 0 Å². The van der Waals surface area contributed by atoms with Crippen molar-refractivity contribution in [1.82, 2.24) is 0 Å². The lowest BCUT2D eigenvalue weighted by Gasteiger charge is -2.32. The van der Waals surface area contributed by atoms with Crippen molar-refractivity contribution in [2.24, 2.45) is 11.7 Å². The summed E-state index contributed by atoms with van der Waals surface area (Å²) in [6.45, 7) is 14.3. The molecule has 0 amide bonds. The number of hydrogen-bond acceptors (Lipinski definition) is 3. The summed E-state index contributed by atoms with van der Waals surface area (Å²) in [5.41, 5.74) is 8.75. The molecular formula is C20H33NO2. The van der Waals surface area contributed by atoms with Crippen LogP contribution < -0.4 is 5.73 Å². The second-order valence-electron chi connectivity index (χ2n) is 8.97. The number of ether oxygens (including phenoxy) is 1. The van der Waals surface area contributed by atoms with Crippen LogP contribution in [0.5, 0.6) is 5.75 Å². The van der Waals surface area contributed by atoms with Gasteiger partial charge in [-0.05, 0) is 65.0 Å². The topological polar surface area (TPSA) is 55.5 Å². The Morgan fingerprint density at radius 3 is 1.91 bits per heavy atom. The second kappa shape index (κ2) is 6.45. The average Bonchev–Trinajstić information content (AvgIpc) is 2.45. The molecule has 0 radical (unpaired) electrons. The molecule has 0 bridgehead atoms. The van der Waals surface area contributed by atoms with E-state index in [0.717, 1.165) is 30.6 Å². The molecule has 130 valence electrons. The predicted molar refractivity (Wildman–Crippen MR) is 96.0 cm³/mol. The molecule has 1 heterocycles. The van der Waals surface area contributed by atoms with Gasteiger partial charge in [-0.15, -0.1) is 0 Å². The van der Waals surface area contributed by atoms with Crippen molar-refractivity contribution in [3.8, 4) is 5.75 Å². The molecule has 0 saturated carbocycles. The van der Waals surface area contributed by atoms with Gasteiger partial charge in [0.1, 0.15) is 5.75 Å². The Bertz CT molecular complexity index is 509. The van der Waals surface area contributed by atoms with Crippen LogP contribution in [0.3, 0.4) is 0 Å². The summed E-state index contributed by atoms with van der Waals surface area (Å²) >= 11 is 0. The summed E-state index contributed by atoms with van der Waals surface area (Å²) in [5.74, 6) is 0.914. The molecule has 1 fully saturated rings. The van der Waals surface area contributed by atoms with Crippen molar-refractivity contribution < 1.29 is 9.84 Å². The zero-order valence-corrected chi connectivity index (χ0v) is 15.6. The highest BCUT2D eigenvalue weighted by atomic mass is 16.5. The summed E-state index contributed by atoms with van der Waals surface area (Å²) in [4.78, 5) is 0. The molecule has 3 nitrogen and oxygen atoms in total. The molecule has 3 heteroatoms. The van der Waals surface area contributed by atoms with Crippen molar-refractivity contribution in [3.05, 3.63) is 28.8 Å². The highest BCUT2D eigenvalue weighted by Gasteiger charge is 2.29. The van der Waals surface area contributed by atoms with Crippen molar-refractivity contribution in [3.63, 3.8) is 0 Å². The van der Waals surface area contributed by atoms with Crippen molar-refractivity contribution in [2.75, 3.05) is 13.2 Å². The van der Waals surface area contributed by atoms with Gasteiger partial charge >= 0.3 is 0 Å². The summed E-state index contributed by atoms with van der Waals surface area (Å²) in [7, 11) is 0. The van der Waals surface area contributed by atoms with Gasteiger partial charge < -0.3 is 15.6 Å². The summed E-state index contributed by atoms with van der Waals surface area (Å²) in [6.07, 6.45) is 2.22. The molecule has 2 atom stereocenters. The third-order valence-corrected chi connectivity index (χ3v) is 4.82. The molecular weight excluding hydrogens is 286 g/mol. The van der Waals surface area contributed by atoms with Crippen molar-refractivity contribution in [1.29, 1.82) is 0 Å². The van der Waals surface area contributed by atoms with E-state index in [1.165, 1.54) is 5.56 Å². The maximum atomic E-state index is 10.8. The van der Waals surface area contributed by atoms with Gasteiger partial charge in [0.2, 0.25) is 0 Å². The van der Waals surface area contributed by atoms with E-state index in [9.17, 15) is 5.11 Å². The minimum absolute atomic E-state index is 0.103. The van der Waals surface area contributed by atoms with Crippen LogP contribution in [0, 0.1) is 5.92 Å². The summed E-state index contributed by atoms with van der Waals surface area (Å²) in [6, 6.07) is 4.27. The molecule has 1 saturated heterocycles. The minimum atomic E-state index is -0.103. The Labute approximate surface area is 141 Å². The normalized spacial score (nSPS) is 23.1. The van der Waals surface area contributed by atoms with Gasteiger partial charge in [-0.1, -0.05) is 41.5 Å². The van der Waals surface area contributed by atoms with Gasteiger partial charge in [0, 0.05) is 0 Å². The standard InChI is InChI=1S/C20H33NO2/c1-19(2,3)15-9-14(10-16(18(15)22)20(4,5)6)17-8-7-13(11-21)12-23-17/h9-10,13,17,22H,7-8,11-12,21H2,1-6H3. The van der Waals surface area contributed by atoms with Crippen LogP contribution in [0.25, 0.3) is 0 Å². The lowest BCUT2D eigenvalue weighted by atomic mass is 9.77. The first-order valence-electron chi connectivity index (χ1n) is 8.73. The Balaban J connectivity index is 2.44. The molecule has 1 aliphatic heterocycles. The monoisotopic (exact) mass is 319 g/mol.